The maximum Gasteiger partial charge on any atom is 0.253 e. The Bertz CT molecular complexity index is 468. The highest BCUT2D eigenvalue weighted by atomic mass is 16.3. The number of amides is 1. The van der Waals surface area contributed by atoms with Crippen LogP contribution in [0.3, 0.4) is 0 Å². The molecule has 0 aromatic heterocycles. The Morgan fingerprint density at radius 3 is 2.63 bits per heavy atom. The lowest BCUT2D eigenvalue weighted by Crippen LogP contribution is -2.44. The normalized spacial score (nSPS) is 17.4. The molecule has 1 aromatic carbocycles. The summed E-state index contributed by atoms with van der Waals surface area (Å²) < 4.78 is 0. The molecule has 0 bridgehead atoms. The third kappa shape index (κ3) is 2.98. The van der Waals surface area contributed by atoms with Gasteiger partial charge in [0.15, 0.2) is 0 Å². The van der Waals surface area contributed by atoms with Crippen molar-refractivity contribution in [2.45, 2.75) is 18.9 Å². The highest BCUT2D eigenvalue weighted by Gasteiger charge is 2.24. The van der Waals surface area contributed by atoms with E-state index in [9.17, 15) is 9.90 Å². The first-order valence-electron chi connectivity index (χ1n) is 6.53. The maximum atomic E-state index is 12.3. The average Bonchev–Trinajstić information content (AvgIpc) is 2.41. The molecule has 1 aliphatic heterocycles. The summed E-state index contributed by atoms with van der Waals surface area (Å²) in [6.45, 7) is 2.02. The van der Waals surface area contributed by atoms with Crippen molar-refractivity contribution in [1.82, 2.24) is 9.80 Å². The number of phenolic OH excluding ortho intramolecular Hbond substituents is 1. The molecule has 5 nitrogen and oxygen atoms in total. The number of carbonyl (C=O) groups is 1. The fourth-order valence-corrected chi connectivity index (χ4v) is 2.43. The fraction of sp³-hybridized carbons (Fsp3) is 0.500. The Kier molecular flexibility index (Phi) is 3.95. The van der Waals surface area contributed by atoms with Crippen molar-refractivity contribution in [2.75, 3.05) is 32.9 Å². The summed E-state index contributed by atoms with van der Waals surface area (Å²) in [7, 11) is 3.92. The van der Waals surface area contributed by atoms with Gasteiger partial charge in [-0.05, 0) is 51.2 Å². The number of anilines is 1. The Balaban J connectivity index is 2.08. The van der Waals surface area contributed by atoms with Gasteiger partial charge in [-0.15, -0.1) is 0 Å². The number of nitrogens with two attached hydrogens (primary N) is 1. The van der Waals surface area contributed by atoms with Crippen molar-refractivity contribution in [3.63, 3.8) is 0 Å². The minimum atomic E-state index is -0.0650. The van der Waals surface area contributed by atoms with E-state index in [1.807, 2.05) is 7.05 Å². The standard InChI is InChI=1S/C14H21N3O2/c1-16-7-5-11(6-8-16)17(2)14(19)10-3-4-12(15)13(18)9-10/h3-4,9,11,18H,5-8,15H2,1-2H3. The third-order valence-electron chi connectivity index (χ3n) is 3.83. The molecule has 1 fully saturated rings. The van der Waals surface area contributed by atoms with Gasteiger partial charge in [0.1, 0.15) is 5.75 Å². The fourth-order valence-electron chi connectivity index (χ4n) is 2.43. The van der Waals surface area contributed by atoms with Gasteiger partial charge < -0.3 is 20.6 Å². The number of aromatic hydroxyl groups is 1. The molecule has 0 saturated carbocycles. The molecule has 1 heterocycles. The molecule has 2 rings (SSSR count). The van der Waals surface area contributed by atoms with E-state index in [0.717, 1.165) is 25.9 Å². The lowest BCUT2D eigenvalue weighted by Gasteiger charge is -2.35. The average molecular weight is 263 g/mol. The van der Waals surface area contributed by atoms with Crippen molar-refractivity contribution < 1.29 is 9.90 Å². The van der Waals surface area contributed by atoms with Gasteiger partial charge in [0.2, 0.25) is 0 Å². The second-order valence-electron chi connectivity index (χ2n) is 5.22. The number of piperidine rings is 1. The van der Waals surface area contributed by atoms with E-state index in [0.29, 0.717) is 11.3 Å². The van der Waals surface area contributed by atoms with Gasteiger partial charge in [0.25, 0.3) is 5.91 Å². The van der Waals surface area contributed by atoms with Crippen LogP contribution in [-0.2, 0) is 0 Å². The van der Waals surface area contributed by atoms with Crippen LogP contribution in [0.2, 0.25) is 0 Å². The van der Waals surface area contributed by atoms with Gasteiger partial charge >= 0.3 is 0 Å². The van der Waals surface area contributed by atoms with Crippen LogP contribution in [0.1, 0.15) is 23.2 Å². The number of likely N-dealkylation sites (tertiary alicyclic amines) is 1. The summed E-state index contributed by atoms with van der Waals surface area (Å²) >= 11 is 0. The van der Waals surface area contributed by atoms with Gasteiger partial charge in [0, 0.05) is 18.7 Å². The lowest BCUT2D eigenvalue weighted by molar-refractivity contribution is 0.0659. The lowest BCUT2D eigenvalue weighted by atomic mass is 10.0. The molecule has 0 atom stereocenters. The van der Waals surface area contributed by atoms with Crippen molar-refractivity contribution in [3.05, 3.63) is 23.8 Å². The highest BCUT2D eigenvalue weighted by Crippen LogP contribution is 2.23. The zero-order chi connectivity index (χ0) is 14.0. The molecule has 19 heavy (non-hydrogen) atoms. The number of nitrogen functional groups attached to an aromatic ring is 1. The molecule has 0 aliphatic carbocycles. The van der Waals surface area contributed by atoms with Gasteiger partial charge in [-0.2, -0.15) is 0 Å². The van der Waals surface area contributed by atoms with Crippen LogP contribution in [-0.4, -0.2) is 54.0 Å². The van der Waals surface area contributed by atoms with Gasteiger partial charge in [-0.3, -0.25) is 4.79 Å². The highest BCUT2D eigenvalue weighted by molar-refractivity contribution is 5.95. The number of benzene rings is 1. The summed E-state index contributed by atoms with van der Waals surface area (Å²) in [6, 6.07) is 4.92. The van der Waals surface area contributed by atoms with Crippen molar-refractivity contribution >= 4 is 11.6 Å². The number of hydrogen-bond acceptors (Lipinski definition) is 4. The van der Waals surface area contributed by atoms with Crippen molar-refractivity contribution in [2.24, 2.45) is 0 Å². The molecule has 1 saturated heterocycles. The van der Waals surface area contributed by atoms with Gasteiger partial charge in [-0.1, -0.05) is 0 Å². The Labute approximate surface area is 113 Å². The third-order valence-corrected chi connectivity index (χ3v) is 3.83. The quantitative estimate of drug-likeness (QED) is 0.620. The van der Waals surface area contributed by atoms with Crippen LogP contribution >= 0.6 is 0 Å². The van der Waals surface area contributed by atoms with Crippen molar-refractivity contribution in [3.8, 4) is 5.75 Å². The van der Waals surface area contributed by atoms with Crippen LogP contribution in [0.25, 0.3) is 0 Å². The summed E-state index contributed by atoms with van der Waals surface area (Å²) in [4.78, 5) is 16.4. The van der Waals surface area contributed by atoms with Crippen LogP contribution in [0.4, 0.5) is 5.69 Å². The monoisotopic (exact) mass is 263 g/mol. The van der Waals surface area contributed by atoms with E-state index in [-0.39, 0.29) is 17.7 Å². The molecule has 1 aliphatic rings. The van der Waals surface area contributed by atoms with E-state index in [4.69, 9.17) is 5.73 Å². The molecule has 0 spiro atoms. The molecule has 1 amide bonds. The van der Waals surface area contributed by atoms with Gasteiger partial charge in [0.05, 0.1) is 5.69 Å². The molecular weight excluding hydrogens is 242 g/mol. The molecular formula is C14H21N3O2. The van der Waals surface area contributed by atoms with Crippen LogP contribution in [0.5, 0.6) is 5.75 Å². The number of hydrogen-bond donors (Lipinski definition) is 2. The van der Waals surface area contributed by atoms with Crippen LogP contribution in [0.15, 0.2) is 18.2 Å². The zero-order valence-corrected chi connectivity index (χ0v) is 11.5. The summed E-state index contributed by atoms with van der Waals surface area (Å²) in [5.41, 5.74) is 6.31. The Morgan fingerprint density at radius 1 is 1.42 bits per heavy atom. The Morgan fingerprint density at radius 2 is 2.05 bits per heavy atom. The maximum absolute atomic E-state index is 12.3. The molecule has 0 radical (unpaired) electrons. The molecule has 104 valence electrons. The zero-order valence-electron chi connectivity index (χ0n) is 11.5. The minimum absolute atomic E-state index is 0.0392. The van der Waals surface area contributed by atoms with Gasteiger partial charge in [-0.25, -0.2) is 0 Å². The SMILES string of the molecule is CN1CCC(N(C)C(=O)c2ccc(N)c(O)c2)CC1. The van der Waals surface area contributed by atoms with Crippen molar-refractivity contribution in [1.29, 1.82) is 0 Å². The van der Waals surface area contributed by atoms with E-state index in [1.54, 1.807) is 17.0 Å². The van der Waals surface area contributed by atoms with E-state index < -0.39 is 0 Å². The first kappa shape index (κ1) is 13.7. The molecule has 0 unspecified atom stereocenters. The topological polar surface area (TPSA) is 69.8 Å². The molecule has 5 heteroatoms. The molecule has 3 N–H and O–H groups in total. The Hall–Kier alpha value is -1.75. The summed E-state index contributed by atoms with van der Waals surface area (Å²) in [5, 5.41) is 9.57. The van der Waals surface area contributed by atoms with E-state index in [2.05, 4.69) is 11.9 Å². The molecule has 1 aromatic rings. The predicted octanol–water partition coefficient (Wildman–Crippen LogP) is 1.14. The van der Waals surface area contributed by atoms with E-state index >= 15 is 0 Å². The number of rotatable bonds is 2. The first-order chi connectivity index (χ1) is 8.99. The summed E-state index contributed by atoms with van der Waals surface area (Å²) in [5.74, 6) is -0.104. The predicted molar refractivity (Wildman–Crippen MR) is 75.1 cm³/mol. The number of phenols is 1. The smallest absolute Gasteiger partial charge is 0.253 e. The second kappa shape index (κ2) is 5.48. The largest absolute Gasteiger partial charge is 0.506 e. The number of carbonyl (C=O) groups excluding carboxylic acids is 1. The summed E-state index contributed by atoms with van der Waals surface area (Å²) in [6.07, 6.45) is 1.97. The van der Waals surface area contributed by atoms with Crippen LogP contribution in [0, 0.1) is 0 Å². The second-order valence-corrected chi connectivity index (χ2v) is 5.22. The van der Waals surface area contributed by atoms with E-state index in [1.165, 1.54) is 6.07 Å². The number of nitrogens with zero attached hydrogens (tertiary/aromatic N) is 2. The minimum Gasteiger partial charge on any atom is -0.506 e. The first-order valence-corrected chi connectivity index (χ1v) is 6.53. The van der Waals surface area contributed by atoms with Crippen LogP contribution < -0.4 is 5.73 Å².